The molecule has 0 radical (unpaired) electrons. The number of hydrogen-bond donors (Lipinski definition) is 0. The van der Waals surface area contributed by atoms with Crippen molar-refractivity contribution in [3.05, 3.63) is 59.4 Å². The van der Waals surface area contributed by atoms with Gasteiger partial charge in [-0.2, -0.15) is 5.26 Å². The minimum atomic E-state index is -0.463. The zero-order valence-corrected chi connectivity index (χ0v) is 11.0. The number of benzene rings is 2. The van der Waals surface area contributed by atoms with E-state index in [4.69, 9.17) is 5.26 Å². The zero-order chi connectivity index (χ0) is 13.7. The molecule has 0 unspecified atom stereocenters. The van der Waals surface area contributed by atoms with Gasteiger partial charge >= 0.3 is 0 Å². The van der Waals surface area contributed by atoms with Gasteiger partial charge in [0.05, 0.1) is 5.56 Å². The van der Waals surface area contributed by atoms with Crippen molar-refractivity contribution in [1.29, 1.82) is 5.26 Å². The second-order valence-corrected chi connectivity index (χ2v) is 4.61. The van der Waals surface area contributed by atoms with E-state index >= 15 is 0 Å². The van der Waals surface area contributed by atoms with Crippen LogP contribution in [0.3, 0.4) is 0 Å². The van der Waals surface area contributed by atoms with Crippen LogP contribution in [-0.4, -0.2) is 0 Å². The first-order valence-electron chi connectivity index (χ1n) is 6.53. The maximum atomic E-state index is 13.6. The van der Waals surface area contributed by atoms with Gasteiger partial charge in [0, 0.05) is 0 Å². The van der Waals surface area contributed by atoms with Crippen molar-refractivity contribution < 1.29 is 4.39 Å². The predicted molar refractivity (Wildman–Crippen MR) is 75.2 cm³/mol. The Hall–Kier alpha value is -2.14. The van der Waals surface area contributed by atoms with Crippen molar-refractivity contribution in [3.8, 4) is 17.2 Å². The first-order chi connectivity index (χ1) is 9.24. The van der Waals surface area contributed by atoms with Gasteiger partial charge in [0.25, 0.3) is 0 Å². The molecule has 19 heavy (non-hydrogen) atoms. The van der Waals surface area contributed by atoms with Crippen molar-refractivity contribution in [2.24, 2.45) is 0 Å². The summed E-state index contributed by atoms with van der Waals surface area (Å²) < 4.78 is 13.6. The Morgan fingerprint density at radius 1 is 1.05 bits per heavy atom. The van der Waals surface area contributed by atoms with Crippen molar-refractivity contribution in [1.82, 2.24) is 0 Å². The third kappa shape index (κ3) is 3.20. The Bertz CT molecular complexity index is 594. The van der Waals surface area contributed by atoms with Gasteiger partial charge in [-0.1, -0.05) is 43.7 Å². The van der Waals surface area contributed by atoms with Crippen LogP contribution in [0.2, 0.25) is 0 Å². The summed E-state index contributed by atoms with van der Waals surface area (Å²) in [6.07, 6.45) is 3.45. The second kappa shape index (κ2) is 6.15. The molecule has 96 valence electrons. The lowest BCUT2D eigenvalue weighted by Gasteiger charge is -2.05. The van der Waals surface area contributed by atoms with Gasteiger partial charge in [-0.05, 0) is 41.7 Å². The molecule has 0 amide bonds. The normalized spacial score (nSPS) is 10.2. The first-order valence-corrected chi connectivity index (χ1v) is 6.53. The molecule has 0 atom stereocenters. The van der Waals surface area contributed by atoms with Gasteiger partial charge in [-0.25, -0.2) is 4.39 Å². The molecule has 2 aromatic carbocycles. The van der Waals surface area contributed by atoms with Gasteiger partial charge in [-0.15, -0.1) is 0 Å². The highest BCUT2D eigenvalue weighted by Gasteiger charge is 2.04. The number of aryl methyl sites for hydroxylation is 1. The third-order valence-corrected chi connectivity index (χ3v) is 3.20. The summed E-state index contributed by atoms with van der Waals surface area (Å²) in [6.45, 7) is 2.17. The number of rotatable bonds is 4. The second-order valence-electron chi connectivity index (χ2n) is 4.61. The molecule has 0 saturated carbocycles. The zero-order valence-electron chi connectivity index (χ0n) is 11.0. The Morgan fingerprint density at radius 2 is 1.74 bits per heavy atom. The Morgan fingerprint density at radius 3 is 2.32 bits per heavy atom. The molecule has 0 aliphatic heterocycles. The number of unbranched alkanes of at least 4 members (excludes halogenated alkanes) is 1. The molecule has 2 aromatic rings. The summed E-state index contributed by atoms with van der Waals surface area (Å²) in [5.41, 5.74) is 3.17. The number of nitriles is 1. The molecule has 0 N–H and O–H groups in total. The van der Waals surface area contributed by atoms with E-state index in [-0.39, 0.29) is 5.56 Å². The molecule has 0 saturated heterocycles. The molecule has 0 aliphatic carbocycles. The van der Waals surface area contributed by atoms with Crippen LogP contribution in [0.15, 0.2) is 42.5 Å². The van der Waals surface area contributed by atoms with E-state index in [0.717, 1.165) is 17.5 Å². The maximum absolute atomic E-state index is 13.6. The molecular formula is C17H16FN. The minimum absolute atomic E-state index is 0.0864. The van der Waals surface area contributed by atoms with Gasteiger partial charge in [0.1, 0.15) is 11.9 Å². The molecule has 0 bridgehead atoms. The fourth-order valence-electron chi connectivity index (χ4n) is 2.03. The third-order valence-electron chi connectivity index (χ3n) is 3.20. The minimum Gasteiger partial charge on any atom is -0.206 e. The summed E-state index contributed by atoms with van der Waals surface area (Å²) in [5, 5.41) is 8.71. The van der Waals surface area contributed by atoms with Crippen LogP contribution in [-0.2, 0) is 6.42 Å². The molecule has 0 heterocycles. The first kappa shape index (κ1) is 13.3. The summed E-state index contributed by atoms with van der Waals surface area (Å²) in [5.74, 6) is -0.463. The van der Waals surface area contributed by atoms with Gasteiger partial charge in [0.2, 0.25) is 0 Å². The van der Waals surface area contributed by atoms with Crippen LogP contribution in [0, 0.1) is 17.1 Å². The fourth-order valence-corrected chi connectivity index (χ4v) is 2.03. The molecule has 0 spiro atoms. The van der Waals surface area contributed by atoms with E-state index < -0.39 is 5.82 Å². The van der Waals surface area contributed by atoms with Crippen LogP contribution in [0.1, 0.15) is 30.9 Å². The average Bonchev–Trinajstić information content (AvgIpc) is 2.45. The summed E-state index contributed by atoms with van der Waals surface area (Å²) in [7, 11) is 0. The highest BCUT2D eigenvalue weighted by atomic mass is 19.1. The van der Waals surface area contributed by atoms with Gasteiger partial charge < -0.3 is 0 Å². The largest absolute Gasteiger partial charge is 0.206 e. The van der Waals surface area contributed by atoms with Gasteiger partial charge in [0.15, 0.2) is 0 Å². The standard InChI is InChI=1S/C17H16FN/c1-2-3-4-13-5-7-14(8-6-13)15-9-10-16(12-19)17(18)11-15/h5-11H,2-4H2,1H3. The molecule has 2 rings (SSSR count). The molecule has 2 heteroatoms. The van der Waals surface area contributed by atoms with E-state index in [1.165, 1.54) is 30.5 Å². The van der Waals surface area contributed by atoms with Crippen molar-refractivity contribution in [2.75, 3.05) is 0 Å². The Balaban J connectivity index is 2.22. The number of hydrogen-bond acceptors (Lipinski definition) is 1. The lowest BCUT2D eigenvalue weighted by Crippen LogP contribution is -1.87. The van der Waals surface area contributed by atoms with Crippen LogP contribution in [0.25, 0.3) is 11.1 Å². The lowest BCUT2D eigenvalue weighted by molar-refractivity contribution is 0.624. The van der Waals surface area contributed by atoms with E-state index in [2.05, 4.69) is 19.1 Å². The average molecular weight is 253 g/mol. The van der Waals surface area contributed by atoms with Crippen LogP contribution < -0.4 is 0 Å². The van der Waals surface area contributed by atoms with E-state index in [9.17, 15) is 4.39 Å². The predicted octanol–water partition coefficient (Wildman–Crippen LogP) is 4.71. The van der Waals surface area contributed by atoms with Crippen LogP contribution in [0.5, 0.6) is 0 Å². The highest BCUT2D eigenvalue weighted by molar-refractivity contribution is 5.64. The van der Waals surface area contributed by atoms with E-state index in [1.807, 2.05) is 18.2 Å². The fraction of sp³-hybridized carbons (Fsp3) is 0.235. The molecule has 0 fully saturated rings. The molecular weight excluding hydrogens is 237 g/mol. The summed E-state index contributed by atoms with van der Waals surface area (Å²) in [6, 6.07) is 14.7. The monoisotopic (exact) mass is 253 g/mol. The SMILES string of the molecule is CCCCc1ccc(-c2ccc(C#N)c(F)c2)cc1. The van der Waals surface area contributed by atoms with Crippen molar-refractivity contribution >= 4 is 0 Å². The van der Waals surface area contributed by atoms with Crippen LogP contribution in [0.4, 0.5) is 4.39 Å². The summed E-state index contributed by atoms with van der Waals surface area (Å²) in [4.78, 5) is 0. The van der Waals surface area contributed by atoms with Crippen molar-refractivity contribution in [2.45, 2.75) is 26.2 Å². The molecule has 0 aromatic heterocycles. The molecule has 1 nitrogen and oxygen atoms in total. The Kier molecular flexibility index (Phi) is 4.30. The lowest BCUT2D eigenvalue weighted by atomic mass is 10.0. The topological polar surface area (TPSA) is 23.8 Å². The maximum Gasteiger partial charge on any atom is 0.141 e. The van der Waals surface area contributed by atoms with Crippen molar-refractivity contribution in [3.63, 3.8) is 0 Å². The van der Waals surface area contributed by atoms with Gasteiger partial charge in [-0.3, -0.25) is 0 Å². The van der Waals surface area contributed by atoms with E-state index in [0.29, 0.717) is 0 Å². The van der Waals surface area contributed by atoms with E-state index in [1.54, 1.807) is 6.07 Å². The quantitative estimate of drug-likeness (QED) is 0.774. The smallest absolute Gasteiger partial charge is 0.141 e. The molecule has 0 aliphatic rings. The summed E-state index contributed by atoms with van der Waals surface area (Å²) >= 11 is 0. The number of halogens is 1. The number of nitrogens with zero attached hydrogens (tertiary/aromatic N) is 1. The Labute approximate surface area is 113 Å². The van der Waals surface area contributed by atoms with Crippen LogP contribution >= 0.6 is 0 Å². The highest BCUT2D eigenvalue weighted by Crippen LogP contribution is 2.22.